The molecule has 0 radical (unpaired) electrons. The Balaban J connectivity index is 2.45. The van der Waals surface area contributed by atoms with Gasteiger partial charge in [-0.05, 0) is 24.3 Å². The van der Waals surface area contributed by atoms with Crippen molar-refractivity contribution in [3.05, 3.63) is 51.0 Å². The van der Waals surface area contributed by atoms with Gasteiger partial charge in [-0.2, -0.15) is 0 Å². The normalized spacial score (nSPS) is 10.0. The lowest BCUT2D eigenvalue weighted by atomic mass is 10.2. The van der Waals surface area contributed by atoms with Gasteiger partial charge in [-0.1, -0.05) is 15.9 Å². The van der Waals surface area contributed by atoms with E-state index in [1.807, 2.05) is 0 Å². The Morgan fingerprint density at radius 3 is 2.10 bits per heavy atom. The summed E-state index contributed by atoms with van der Waals surface area (Å²) in [4.78, 5) is 10.6. The van der Waals surface area contributed by atoms with Gasteiger partial charge in [-0.25, -0.2) is 0 Å². The van der Waals surface area contributed by atoms with E-state index in [4.69, 9.17) is 14.2 Å². The third-order valence-corrected chi connectivity index (χ3v) is 3.23. The molecular formula is C14H12BrNO5. The number of nitro benzene ring substituents is 1. The van der Waals surface area contributed by atoms with Crippen molar-refractivity contribution < 1.29 is 19.1 Å². The van der Waals surface area contributed by atoms with E-state index in [-0.39, 0.29) is 17.2 Å². The SMILES string of the molecule is COc1cc(Oc2ccc(Br)cc2)c([N+](=O)[O-])cc1OC. The number of halogens is 1. The summed E-state index contributed by atoms with van der Waals surface area (Å²) >= 11 is 3.31. The Hall–Kier alpha value is -2.28. The maximum Gasteiger partial charge on any atom is 0.315 e. The molecule has 2 aromatic carbocycles. The van der Waals surface area contributed by atoms with Gasteiger partial charge in [0.1, 0.15) is 5.75 Å². The summed E-state index contributed by atoms with van der Waals surface area (Å²) in [6.45, 7) is 0. The first-order valence-electron chi connectivity index (χ1n) is 5.89. The second-order valence-electron chi connectivity index (χ2n) is 3.99. The predicted molar refractivity (Wildman–Crippen MR) is 80.4 cm³/mol. The largest absolute Gasteiger partial charge is 0.493 e. The summed E-state index contributed by atoms with van der Waals surface area (Å²) in [7, 11) is 2.87. The van der Waals surface area contributed by atoms with Crippen LogP contribution in [-0.2, 0) is 0 Å². The standard InChI is InChI=1S/C14H12BrNO5/c1-19-13-7-11(16(17)18)12(8-14(13)20-2)21-10-5-3-9(15)4-6-10/h3-8H,1-2H3. The van der Waals surface area contributed by atoms with Crippen LogP contribution in [0.3, 0.4) is 0 Å². The quantitative estimate of drug-likeness (QED) is 0.595. The number of ether oxygens (including phenoxy) is 3. The molecule has 2 aromatic rings. The Morgan fingerprint density at radius 2 is 1.57 bits per heavy atom. The molecule has 110 valence electrons. The first-order valence-corrected chi connectivity index (χ1v) is 6.68. The number of benzene rings is 2. The van der Waals surface area contributed by atoms with Crippen molar-refractivity contribution in [3.8, 4) is 23.0 Å². The Labute approximate surface area is 129 Å². The van der Waals surface area contributed by atoms with Crippen LogP contribution in [0.25, 0.3) is 0 Å². The maximum absolute atomic E-state index is 11.2. The molecule has 0 aromatic heterocycles. The van der Waals surface area contributed by atoms with Crippen molar-refractivity contribution in [1.29, 1.82) is 0 Å². The number of hydrogen-bond donors (Lipinski definition) is 0. The molecule has 6 nitrogen and oxygen atoms in total. The first-order chi connectivity index (χ1) is 10.0. The van der Waals surface area contributed by atoms with Crippen LogP contribution in [0, 0.1) is 10.1 Å². The number of methoxy groups -OCH3 is 2. The van der Waals surface area contributed by atoms with E-state index in [9.17, 15) is 10.1 Å². The van der Waals surface area contributed by atoms with Crippen molar-refractivity contribution >= 4 is 21.6 Å². The molecule has 0 N–H and O–H groups in total. The van der Waals surface area contributed by atoms with Gasteiger partial charge in [0.05, 0.1) is 25.2 Å². The minimum Gasteiger partial charge on any atom is -0.493 e. The van der Waals surface area contributed by atoms with Crippen molar-refractivity contribution in [2.45, 2.75) is 0 Å². The van der Waals surface area contributed by atoms with Crippen LogP contribution in [0.1, 0.15) is 0 Å². The average molecular weight is 354 g/mol. The summed E-state index contributed by atoms with van der Waals surface area (Å²) in [6, 6.07) is 9.66. The van der Waals surface area contributed by atoms with E-state index in [1.54, 1.807) is 24.3 Å². The molecule has 0 bridgehead atoms. The monoisotopic (exact) mass is 353 g/mol. The van der Waals surface area contributed by atoms with Gasteiger partial charge < -0.3 is 14.2 Å². The zero-order valence-corrected chi connectivity index (χ0v) is 12.9. The lowest BCUT2D eigenvalue weighted by molar-refractivity contribution is -0.385. The van der Waals surface area contributed by atoms with E-state index in [1.165, 1.54) is 26.4 Å². The van der Waals surface area contributed by atoms with Crippen LogP contribution in [0.5, 0.6) is 23.0 Å². The predicted octanol–water partition coefficient (Wildman–Crippen LogP) is 4.17. The van der Waals surface area contributed by atoms with Gasteiger partial charge in [-0.3, -0.25) is 10.1 Å². The van der Waals surface area contributed by atoms with Gasteiger partial charge in [0.2, 0.25) is 5.75 Å². The molecule has 0 aliphatic rings. The van der Waals surface area contributed by atoms with Crippen LogP contribution < -0.4 is 14.2 Å². The highest BCUT2D eigenvalue weighted by Crippen LogP contribution is 2.41. The molecule has 7 heteroatoms. The van der Waals surface area contributed by atoms with Crippen molar-refractivity contribution in [3.63, 3.8) is 0 Å². The van der Waals surface area contributed by atoms with Crippen LogP contribution in [0.15, 0.2) is 40.9 Å². The Kier molecular flexibility index (Phi) is 4.64. The molecular weight excluding hydrogens is 342 g/mol. The minimum atomic E-state index is -0.532. The lowest BCUT2D eigenvalue weighted by Crippen LogP contribution is -1.97. The zero-order valence-electron chi connectivity index (χ0n) is 11.3. The smallest absolute Gasteiger partial charge is 0.315 e. The highest BCUT2D eigenvalue weighted by Gasteiger charge is 2.21. The zero-order chi connectivity index (χ0) is 15.4. The van der Waals surface area contributed by atoms with E-state index < -0.39 is 4.92 Å². The topological polar surface area (TPSA) is 70.8 Å². The highest BCUT2D eigenvalue weighted by atomic mass is 79.9. The fraction of sp³-hybridized carbons (Fsp3) is 0.143. The number of hydrogen-bond acceptors (Lipinski definition) is 5. The molecule has 0 saturated carbocycles. The van der Waals surface area contributed by atoms with Gasteiger partial charge in [-0.15, -0.1) is 0 Å². The van der Waals surface area contributed by atoms with Gasteiger partial charge >= 0.3 is 5.69 Å². The molecule has 0 spiro atoms. The summed E-state index contributed by atoms with van der Waals surface area (Å²) < 4.78 is 16.6. The summed E-state index contributed by atoms with van der Waals surface area (Å²) in [5.41, 5.74) is -0.199. The van der Waals surface area contributed by atoms with Gasteiger partial charge in [0.15, 0.2) is 11.5 Å². The average Bonchev–Trinajstić information content (AvgIpc) is 2.48. The number of rotatable bonds is 5. The molecule has 0 fully saturated rings. The van der Waals surface area contributed by atoms with E-state index in [2.05, 4.69) is 15.9 Å². The fourth-order valence-electron chi connectivity index (χ4n) is 1.70. The van der Waals surface area contributed by atoms with Crippen LogP contribution in [0.2, 0.25) is 0 Å². The summed E-state index contributed by atoms with van der Waals surface area (Å²) in [5.74, 6) is 1.19. The third kappa shape index (κ3) is 3.43. The molecule has 0 unspecified atom stereocenters. The molecule has 21 heavy (non-hydrogen) atoms. The van der Waals surface area contributed by atoms with Crippen LogP contribution >= 0.6 is 15.9 Å². The second-order valence-corrected chi connectivity index (χ2v) is 4.90. The highest BCUT2D eigenvalue weighted by molar-refractivity contribution is 9.10. The second kappa shape index (κ2) is 6.45. The molecule has 0 saturated heterocycles. The van der Waals surface area contributed by atoms with E-state index in [0.29, 0.717) is 11.5 Å². The molecule has 0 heterocycles. The molecule has 0 aliphatic carbocycles. The van der Waals surface area contributed by atoms with Gasteiger partial charge in [0.25, 0.3) is 0 Å². The molecule has 2 rings (SSSR count). The molecule has 0 atom stereocenters. The summed E-state index contributed by atoms with van der Waals surface area (Å²) in [5, 5.41) is 11.2. The van der Waals surface area contributed by atoms with Crippen LogP contribution in [-0.4, -0.2) is 19.1 Å². The number of nitrogens with zero attached hydrogens (tertiary/aromatic N) is 1. The lowest BCUT2D eigenvalue weighted by Gasteiger charge is -2.11. The van der Waals surface area contributed by atoms with Crippen LogP contribution in [0.4, 0.5) is 5.69 Å². The Morgan fingerprint density at radius 1 is 1.00 bits per heavy atom. The van der Waals surface area contributed by atoms with Gasteiger partial charge in [0, 0.05) is 10.5 Å². The van der Waals surface area contributed by atoms with Crippen molar-refractivity contribution in [1.82, 2.24) is 0 Å². The van der Waals surface area contributed by atoms with E-state index >= 15 is 0 Å². The fourth-order valence-corrected chi connectivity index (χ4v) is 1.97. The van der Waals surface area contributed by atoms with E-state index in [0.717, 1.165) is 4.47 Å². The molecule has 0 amide bonds. The number of nitro groups is 1. The third-order valence-electron chi connectivity index (χ3n) is 2.70. The molecule has 0 aliphatic heterocycles. The summed E-state index contributed by atoms with van der Waals surface area (Å²) in [6.07, 6.45) is 0. The first kappa shape index (κ1) is 15.1. The Bertz CT molecular complexity index is 657. The minimum absolute atomic E-state index is 0.0833. The van der Waals surface area contributed by atoms with Crippen molar-refractivity contribution in [2.24, 2.45) is 0 Å². The van der Waals surface area contributed by atoms with Crippen molar-refractivity contribution in [2.75, 3.05) is 14.2 Å². The maximum atomic E-state index is 11.2.